The molecule has 1 fully saturated rings. The number of ether oxygens (including phenoxy) is 2. The molecular formula is C4H4Cl4O2. The van der Waals surface area contributed by atoms with Crippen LogP contribution in [0.5, 0.6) is 0 Å². The van der Waals surface area contributed by atoms with Crippen LogP contribution in [0.4, 0.5) is 0 Å². The fourth-order valence-corrected chi connectivity index (χ4v) is 1.28. The third kappa shape index (κ3) is 2.03. The van der Waals surface area contributed by atoms with Crippen LogP contribution in [0.15, 0.2) is 0 Å². The van der Waals surface area contributed by atoms with E-state index >= 15 is 0 Å². The molecule has 0 aromatic carbocycles. The molecule has 1 heterocycles. The van der Waals surface area contributed by atoms with Gasteiger partial charge < -0.3 is 9.47 Å². The Morgan fingerprint density at radius 2 is 0.800 bits per heavy atom. The molecule has 0 aromatic heterocycles. The molecule has 2 nitrogen and oxygen atoms in total. The predicted molar refractivity (Wildman–Crippen MR) is 40.7 cm³/mol. The summed E-state index contributed by atoms with van der Waals surface area (Å²) >= 11 is 22.0. The average Bonchev–Trinajstić information content (AvgIpc) is 1.84. The van der Waals surface area contributed by atoms with Crippen molar-refractivity contribution in [1.82, 2.24) is 0 Å². The van der Waals surface area contributed by atoms with E-state index in [0.29, 0.717) is 0 Å². The van der Waals surface area contributed by atoms with Crippen LogP contribution in [-0.4, -0.2) is 22.3 Å². The number of alkyl halides is 4. The van der Waals surface area contributed by atoms with Gasteiger partial charge in [0.1, 0.15) is 0 Å². The van der Waals surface area contributed by atoms with Crippen molar-refractivity contribution < 1.29 is 9.47 Å². The highest BCUT2D eigenvalue weighted by Gasteiger charge is 2.34. The summed E-state index contributed by atoms with van der Waals surface area (Å²) in [6.07, 6.45) is 0. The maximum atomic E-state index is 5.51. The monoisotopic (exact) mass is 224 g/mol. The quantitative estimate of drug-likeness (QED) is 0.590. The van der Waals surface area contributed by atoms with E-state index in [9.17, 15) is 0 Å². The van der Waals surface area contributed by atoms with E-state index in [1.54, 1.807) is 0 Å². The number of hydrogen-bond donors (Lipinski definition) is 0. The largest absolute Gasteiger partial charge is 0.335 e. The first kappa shape index (κ1) is 9.17. The SMILES string of the molecule is Cl[C@@H]1O[C@@H](Cl)[C@@H](Cl)O[C@@H]1Cl. The highest BCUT2D eigenvalue weighted by Crippen LogP contribution is 2.28. The van der Waals surface area contributed by atoms with E-state index in [0.717, 1.165) is 0 Å². The second-order valence-electron chi connectivity index (χ2n) is 1.68. The van der Waals surface area contributed by atoms with Crippen LogP contribution in [0.3, 0.4) is 0 Å². The van der Waals surface area contributed by atoms with Gasteiger partial charge in [0.05, 0.1) is 0 Å². The molecule has 1 aliphatic heterocycles. The van der Waals surface area contributed by atoms with Crippen LogP contribution >= 0.6 is 46.4 Å². The highest BCUT2D eigenvalue weighted by atomic mass is 35.5. The molecule has 60 valence electrons. The van der Waals surface area contributed by atoms with E-state index in [2.05, 4.69) is 0 Å². The third-order valence-corrected chi connectivity index (χ3v) is 2.52. The van der Waals surface area contributed by atoms with E-state index in [4.69, 9.17) is 55.9 Å². The van der Waals surface area contributed by atoms with Crippen molar-refractivity contribution in [2.45, 2.75) is 22.3 Å². The van der Waals surface area contributed by atoms with Crippen molar-refractivity contribution >= 4 is 46.4 Å². The molecule has 0 aliphatic carbocycles. The molecule has 1 saturated heterocycles. The molecule has 0 N–H and O–H groups in total. The third-order valence-electron chi connectivity index (χ3n) is 0.932. The fraction of sp³-hybridized carbons (Fsp3) is 1.00. The lowest BCUT2D eigenvalue weighted by Crippen LogP contribution is -2.39. The molecule has 4 atom stereocenters. The first-order valence-corrected chi connectivity index (χ1v) is 4.23. The van der Waals surface area contributed by atoms with Crippen molar-refractivity contribution in [1.29, 1.82) is 0 Å². The van der Waals surface area contributed by atoms with Gasteiger partial charge in [-0.05, 0) is 0 Å². The molecule has 1 aliphatic rings. The Morgan fingerprint density at radius 1 is 0.600 bits per heavy atom. The van der Waals surface area contributed by atoms with Gasteiger partial charge in [-0.15, -0.1) is 0 Å². The average molecular weight is 226 g/mol. The highest BCUT2D eigenvalue weighted by molar-refractivity contribution is 6.31. The standard InChI is InChI=1S/C4H4Cl4O2/c5-1-2(6)10-4(8)3(7)9-1/h1-4H/t1-,2+,3-,4+. The molecule has 1 rings (SSSR count). The first-order valence-electron chi connectivity index (χ1n) is 2.48. The van der Waals surface area contributed by atoms with Gasteiger partial charge >= 0.3 is 0 Å². The van der Waals surface area contributed by atoms with Gasteiger partial charge in [0.15, 0.2) is 22.3 Å². The number of halogens is 4. The Balaban J connectivity index is 2.46. The zero-order valence-electron chi connectivity index (χ0n) is 4.64. The summed E-state index contributed by atoms with van der Waals surface area (Å²) in [6, 6.07) is 0. The molecule has 0 radical (unpaired) electrons. The summed E-state index contributed by atoms with van der Waals surface area (Å²) < 4.78 is 9.71. The maximum absolute atomic E-state index is 5.51. The summed E-state index contributed by atoms with van der Waals surface area (Å²) in [5, 5.41) is 0. The molecule has 0 unspecified atom stereocenters. The predicted octanol–water partition coefficient (Wildman–Crippen LogP) is 2.29. The van der Waals surface area contributed by atoms with Crippen LogP contribution in [0.25, 0.3) is 0 Å². The van der Waals surface area contributed by atoms with Gasteiger partial charge in [-0.25, -0.2) is 0 Å². The van der Waals surface area contributed by atoms with Crippen LogP contribution in [0.2, 0.25) is 0 Å². The van der Waals surface area contributed by atoms with Crippen molar-refractivity contribution in [3.63, 3.8) is 0 Å². The van der Waals surface area contributed by atoms with Crippen LogP contribution in [0.1, 0.15) is 0 Å². The molecule has 0 saturated carbocycles. The van der Waals surface area contributed by atoms with Crippen LogP contribution < -0.4 is 0 Å². The maximum Gasteiger partial charge on any atom is 0.173 e. The minimum Gasteiger partial charge on any atom is -0.335 e. The van der Waals surface area contributed by atoms with Crippen LogP contribution in [-0.2, 0) is 9.47 Å². The summed E-state index contributed by atoms with van der Waals surface area (Å²) in [5.41, 5.74) is -2.95. The summed E-state index contributed by atoms with van der Waals surface area (Å²) in [5.74, 6) is 0. The summed E-state index contributed by atoms with van der Waals surface area (Å²) in [7, 11) is 0. The van der Waals surface area contributed by atoms with Gasteiger partial charge in [0.25, 0.3) is 0 Å². The molecule has 0 spiro atoms. The molecule has 0 bridgehead atoms. The first-order chi connectivity index (χ1) is 4.61. The minimum atomic E-state index is -0.737. The Hall–Kier alpha value is 1.08. The van der Waals surface area contributed by atoms with E-state index in [-0.39, 0.29) is 0 Å². The van der Waals surface area contributed by atoms with Gasteiger partial charge in [-0.1, -0.05) is 46.4 Å². The lowest BCUT2D eigenvalue weighted by Gasteiger charge is -2.30. The van der Waals surface area contributed by atoms with Crippen molar-refractivity contribution in [2.24, 2.45) is 0 Å². The fourth-order valence-electron chi connectivity index (χ4n) is 0.495. The lowest BCUT2D eigenvalue weighted by atomic mass is 10.6. The van der Waals surface area contributed by atoms with Crippen molar-refractivity contribution in [2.75, 3.05) is 0 Å². The van der Waals surface area contributed by atoms with Crippen molar-refractivity contribution in [3.05, 3.63) is 0 Å². The molecule has 0 aromatic rings. The second kappa shape index (κ2) is 3.65. The number of hydrogen-bond acceptors (Lipinski definition) is 2. The van der Waals surface area contributed by atoms with Gasteiger partial charge in [0, 0.05) is 0 Å². The number of rotatable bonds is 0. The molecule has 10 heavy (non-hydrogen) atoms. The van der Waals surface area contributed by atoms with E-state index in [1.165, 1.54) is 0 Å². The summed E-state index contributed by atoms with van der Waals surface area (Å²) in [6.45, 7) is 0. The normalized spacial score (nSPS) is 49.2. The van der Waals surface area contributed by atoms with Crippen molar-refractivity contribution in [3.8, 4) is 0 Å². The Bertz CT molecular complexity index is 95.8. The minimum absolute atomic E-state index is 0.737. The summed E-state index contributed by atoms with van der Waals surface area (Å²) in [4.78, 5) is 0. The van der Waals surface area contributed by atoms with Crippen LogP contribution in [0, 0.1) is 0 Å². The molecule has 6 heteroatoms. The second-order valence-corrected chi connectivity index (χ2v) is 3.40. The Labute approximate surface area is 78.3 Å². The molecular weight excluding hydrogens is 222 g/mol. The topological polar surface area (TPSA) is 18.5 Å². The smallest absolute Gasteiger partial charge is 0.173 e. The van der Waals surface area contributed by atoms with Gasteiger partial charge in [-0.3, -0.25) is 0 Å². The van der Waals surface area contributed by atoms with Gasteiger partial charge in [0.2, 0.25) is 0 Å². The zero-order chi connectivity index (χ0) is 7.72. The molecule has 0 amide bonds. The zero-order valence-corrected chi connectivity index (χ0v) is 7.66. The Morgan fingerprint density at radius 3 is 1.00 bits per heavy atom. The lowest BCUT2D eigenvalue weighted by molar-refractivity contribution is -0.109. The van der Waals surface area contributed by atoms with E-state index < -0.39 is 22.3 Å². The van der Waals surface area contributed by atoms with Gasteiger partial charge in [-0.2, -0.15) is 0 Å². The van der Waals surface area contributed by atoms with E-state index in [1.807, 2.05) is 0 Å². The Kier molecular flexibility index (Phi) is 3.35.